The van der Waals surface area contributed by atoms with Crippen molar-refractivity contribution in [1.82, 2.24) is 0 Å². The Hall–Kier alpha value is -0.150. The van der Waals surface area contributed by atoms with Crippen LogP contribution in [0.25, 0.3) is 0 Å². The molecular weight excluding hydrogens is 258 g/mol. The maximum absolute atomic E-state index is 5.67. The van der Waals surface area contributed by atoms with Gasteiger partial charge in [-0.2, -0.15) is 11.8 Å². The minimum atomic E-state index is 0.306. The molecule has 0 aliphatic rings. The molecule has 0 bridgehead atoms. The second-order valence-electron chi connectivity index (χ2n) is 4.25. The Labute approximate surface area is 98.6 Å². The van der Waals surface area contributed by atoms with Gasteiger partial charge in [-0.15, -0.1) is 0 Å². The largest absolute Gasteiger partial charge is 0.399 e. The van der Waals surface area contributed by atoms with Gasteiger partial charge in [0.25, 0.3) is 0 Å². The fraction of sp³-hybridized carbons (Fsp3) is 0.455. The quantitative estimate of drug-likeness (QED) is 0.823. The SMILES string of the molecule is CC(C)(C)SCc1ccc(N)cc1Br. The fourth-order valence-electron chi connectivity index (χ4n) is 0.975. The van der Waals surface area contributed by atoms with Crippen LogP contribution in [0.3, 0.4) is 0 Å². The number of anilines is 1. The summed E-state index contributed by atoms with van der Waals surface area (Å²) in [5, 5.41) is 0. The molecule has 1 aromatic carbocycles. The van der Waals surface area contributed by atoms with E-state index in [-0.39, 0.29) is 0 Å². The van der Waals surface area contributed by atoms with Crippen LogP contribution >= 0.6 is 27.7 Å². The second-order valence-corrected chi connectivity index (χ2v) is 6.91. The normalized spacial score (nSPS) is 11.7. The van der Waals surface area contributed by atoms with Gasteiger partial charge in [0.15, 0.2) is 0 Å². The van der Waals surface area contributed by atoms with Crippen molar-refractivity contribution in [3.8, 4) is 0 Å². The second kappa shape index (κ2) is 4.58. The van der Waals surface area contributed by atoms with Gasteiger partial charge in [0, 0.05) is 20.7 Å². The van der Waals surface area contributed by atoms with Crippen molar-refractivity contribution in [3.05, 3.63) is 28.2 Å². The molecule has 3 heteroatoms. The average Bonchev–Trinajstić information content (AvgIpc) is 2.00. The Morgan fingerprint density at radius 1 is 1.36 bits per heavy atom. The molecular formula is C11H16BrNS. The van der Waals surface area contributed by atoms with Crippen molar-refractivity contribution < 1.29 is 0 Å². The van der Waals surface area contributed by atoms with Crippen molar-refractivity contribution in [1.29, 1.82) is 0 Å². The Bertz CT molecular complexity index is 318. The molecule has 1 rings (SSSR count). The molecule has 0 saturated heterocycles. The number of rotatable bonds is 2. The van der Waals surface area contributed by atoms with Crippen LogP contribution in [0.15, 0.2) is 22.7 Å². The maximum Gasteiger partial charge on any atom is 0.0325 e. The Morgan fingerprint density at radius 3 is 2.50 bits per heavy atom. The smallest absolute Gasteiger partial charge is 0.0325 e. The van der Waals surface area contributed by atoms with E-state index in [0.29, 0.717) is 4.75 Å². The first-order valence-electron chi connectivity index (χ1n) is 4.56. The number of hydrogen-bond donors (Lipinski definition) is 1. The van der Waals surface area contributed by atoms with E-state index in [4.69, 9.17) is 5.73 Å². The minimum Gasteiger partial charge on any atom is -0.399 e. The lowest BCUT2D eigenvalue weighted by Gasteiger charge is -2.18. The van der Waals surface area contributed by atoms with Crippen LogP contribution in [-0.4, -0.2) is 4.75 Å². The Morgan fingerprint density at radius 2 is 2.00 bits per heavy atom. The minimum absolute atomic E-state index is 0.306. The van der Waals surface area contributed by atoms with E-state index < -0.39 is 0 Å². The van der Waals surface area contributed by atoms with Gasteiger partial charge in [0.2, 0.25) is 0 Å². The van der Waals surface area contributed by atoms with Crippen LogP contribution in [0.5, 0.6) is 0 Å². The van der Waals surface area contributed by atoms with Crippen molar-refractivity contribution in [2.24, 2.45) is 0 Å². The third-order valence-electron chi connectivity index (χ3n) is 1.74. The van der Waals surface area contributed by atoms with Crippen molar-refractivity contribution >= 4 is 33.4 Å². The van der Waals surface area contributed by atoms with Crippen LogP contribution in [0.1, 0.15) is 26.3 Å². The Balaban J connectivity index is 2.68. The van der Waals surface area contributed by atoms with Crippen LogP contribution in [-0.2, 0) is 5.75 Å². The molecule has 2 N–H and O–H groups in total. The van der Waals surface area contributed by atoms with Gasteiger partial charge in [-0.1, -0.05) is 42.8 Å². The molecule has 0 atom stereocenters. The van der Waals surface area contributed by atoms with Gasteiger partial charge in [-0.05, 0) is 17.7 Å². The van der Waals surface area contributed by atoms with Crippen LogP contribution in [0.4, 0.5) is 5.69 Å². The van der Waals surface area contributed by atoms with Crippen LogP contribution in [0.2, 0.25) is 0 Å². The molecule has 0 aliphatic heterocycles. The Kier molecular flexibility index (Phi) is 3.90. The summed E-state index contributed by atoms with van der Waals surface area (Å²) in [6, 6.07) is 5.99. The summed E-state index contributed by atoms with van der Waals surface area (Å²) in [6.45, 7) is 6.68. The molecule has 0 spiro atoms. The fourth-order valence-corrected chi connectivity index (χ4v) is 2.54. The summed E-state index contributed by atoms with van der Waals surface area (Å²) in [5.74, 6) is 1.02. The summed E-state index contributed by atoms with van der Waals surface area (Å²) >= 11 is 5.46. The predicted octanol–water partition coefficient (Wildman–Crippen LogP) is 4.06. The van der Waals surface area contributed by atoms with Gasteiger partial charge in [-0.3, -0.25) is 0 Å². The monoisotopic (exact) mass is 273 g/mol. The first kappa shape index (κ1) is 11.9. The van der Waals surface area contributed by atoms with E-state index in [2.05, 4.69) is 42.8 Å². The molecule has 0 saturated carbocycles. The number of hydrogen-bond acceptors (Lipinski definition) is 2. The topological polar surface area (TPSA) is 26.0 Å². The standard InChI is InChI=1S/C11H16BrNS/c1-11(2,3)14-7-8-4-5-9(13)6-10(8)12/h4-6H,7,13H2,1-3H3. The molecule has 78 valence electrons. The first-order chi connectivity index (χ1) is 6.38. The van der Waals surface area contributed by atoms with Gasteiger partial charge in [0.05, 0.1) is 0 Å². The number of halogens is 1. The lowest BCUT2D eigenvalue weighted by Crippen LogP contribution is -2.07. The van der Waals surface area contributed by atoms with Gasteiger partial charge in [0.1, 0.15) is 0 Å². The highest BCUT2D eigenvalue weighted by atomic mass is 79.9. The molecule has 1 nitrogen and oxygen atoms in total. The third kappa shape index (κ3) is 3.93. The van der Waals surface area contributed by atoms with E-state index in [9.17, 15) is 0 Å². The van der Waals surface area contributed by atoms with E-state index in [0.717, 1.165) is 15.9 Å². The molecule has 1 aromatic rings. The van der Waals surface area contributed by atoms with Crippen LogP contribution in [0, 0.1) is 0 Å². The van der Waals surface area contributed by atoms with Crippen molar-refractivity contribution in [2.45, 2.75) is 31.3 Å². The summed E-state index contributed by atoms with van der Waals surface area (Å²) in [6.07, 6.45) is 0. The van der Waals surface area contributed by atoms with Crippen molar-refractivity contribution in [3.63, 3.8) is 0 Å². The average molecular weight is 274 g/mol. The highest BCUT2D eigenvalue weighted by molar-refractivity contribution is 9.10. The molecule has 0 aromatic heterocycles. The summed E-state index contributed by atoms with van der Waals surface area (Å²) in [5.41, 5.74) is 7.78. The molecule has 0 radical (unpaired) electrons. The highest BCUT2D eigenvalue weighted by Crippen LogP contribution is 2.30. The third-order valence-corrected chi connectivity index (χ3v) is 3.80. The lowest BCUT2D eigenvalue weighted by atomic mass is 10.2. The zero-order chi connectivity index (χ0) is 10.8. The zero-order valence-corrected chi connectivity index (χ0v) is 11.2. The summed E-state index contributed by atoms with van der Waals surface area (Å²) in [4.78, 5) is 0. The van der Waals surface area contributed by atoms with Crippen LogP contribution < -0.4 is 5.73 Å². The van der Waals surface area contributed by atoms with Crippen molar-refractivity contribution in [2.75, 3.05) is 5.73 Å². The molecule has 14 heavy (non-hydrogen) atoms. The zero-order valence-electron chi connectivity index (χ0n) is 8.80. The first-order valence-corrected chi connectivity index (χ1v) is 6.34. The number of nitrogens with two attached hydrogens (primary N) is 1. The molecule has 0 fully saturated rings. The van der Waals surface area contributed by atoms with Gasteiger partial charge in [-0.25, -0.2) is 0 Å². The number of thioether (sulfide) groups is 1. The van der Waals surface area contributed by atoms with E-state index in [1.54, 1.807) is 0 Å². The molecule has 0 unspecified atom stereocenters. The van der Waals surface area contributed by atoms with Gasteiger partial charge >= 0.3 is 0 Å². The molecule has 0 aliphatic carbocycles. The predicted molar refractivity (Wildman–Crippen MR) is 69.6 cm³/mol. The lowest BCUT2D eigenvalue weighted by molar-refractivity contribution is 0.802. The number of nitrogen functional groups attached to an aromatic ring is 1. The molecule has 0 heterocycles. The molecule has 0 amide bonds. The summed E-state index contributed by atoms with van der Waals surface area (Å²) in [7, 11) is 0. The van der Waals surface area contributed by atoms with E-state index in [1.807, 2.05) is 23.9 Å². The maximum atomic E-state index is 5.67. The number of benzene rings is 1. The van der Waals surface area contributed by atoms with Gasteiger partial charge < -0.3 is 5.73 Å². The van der Waals surface area contributed by atoms with E-state index >= 15 is 0 Å². The van der Waals surface area contributed by atoms with E-state index in [1.165, 1.54) is 5.56 Å². The summed E-state index contributed by atoms with van der Waals surface area (Å²) < 4.78 is 1.41. The highest BCUT2D eigenvalue weighted by Gasteiger charge is 2.11.